The summed E-state index contributed by atoms with van der Waals surface area (Å²) in [5, 5.41) is 0.364. The molecule has 1 aliphatic heterocycles. The van der Waals surface area contributed by atoms with Gasteiger partial charge in [-0.15, -0.1) is 11.3 Å². The Morgan fingerprint density at radius 2 is 2.20 bits per heavy atom. The standard InChI is InChI=1S/C17H22N2O4S2/c1-5-19-12(9-24-16(21)22-6-2)18-14(20)13-10-7-17(3,4)23-8-11(10)25-15(13)19/h5-9H2,1-4H3. The molecule has 2 aromatic rings. The number of carbonyl (C=O) groups is 1. The van der Waals surface area contributed by atoms with Crippen LogP contribution >= 0.6 is 23.1 Å². The van der Waals surface area contributed by atoms with Gasteiger partial charge in [-0.1, -0.05) is 0 Å². The Morgan fingerprint density at radius 1 is 1.44 bits per heavy atom. The molecule has 0 radical (unpaired) electrons. The molecule has 0 saturated heterocycles. The molecule has 25 heavy (non-hydrogen) atoms. The monoisotopic (exact) mass is 382 g/mol. The molecule has 8 heteroatoms. The first-order valence-corrected chi connectivity index (χ1v) is 10.1. The third-order valence-electron chi connectivity index (χ3n) is 4.17. The van der Waals surface area contributed by atoms with Crippen LogP contribution in [0, 0.1) is 0 Å². The van der Waals surface area contributed by atoms with E-state index in [2.05, 4.69) is 4.98 Å². The fourth-order valence-corrected chi connectivity index (χ4v) is 4.99. The van der Waals surface area contributed by atoms with Crippen LogP contribution in [-0.4, -0.2) is 27.1 Å². The predicted molar refractivity (Wildman–Crippen MR) is 100 cm³/mol. The molecule has 0 fully saturated rings. The van der Waals surface area contributed by atoms with E-state index in [0.717, 1.165) is 27.0 Å². The van der Waals surface area contributed by atoms with Crippen molar-refractivity contribution >= 4 is 38.6 Å². The van der Waals surface area contributed by atoms with E-state index in [1.54, 1.807) is 18.3 Å². The topological polar surface area (TPSA) is 70.4 Å². The van der Waals surface area contributed by atoms with Crippen LogP contribution in [0.4, 0.5) is 4.79 Å². The fourth-order valence-electron chi connectivity index (χ4n) is 3.02. The number of nitrogens with zero attached hydrogens (tertiary/aromatic N) is 2. The molecule has 2 aromatic heterocycles. The molecule has 6 nitrogen and oxygen atoms in total. The number of hydrogen-bond acceptors (Lipinski definition) is 7. The largest absolute Gasteiger partial charge is 0.458 e. The molecule has 3 heterocycles. The van der Waals surface area contributed by atoms with Crippen LogP contribution in [0.1, 0.15) is 44.0 Å². The van der Waals surface area contributed by atoms with Gasteiger partial charge in [0.2, 0.25) is 0 Å². The third kappa shape index (κ3) is 3.61. The Hall–Kier alpha value is -1.38. The van der Waals surface area contributed by atoms with Crippen LogP contribution in [0.15, 0.2) is 4.79 Å². The van der Waals surface area contributed by atoms with E-state index >= 15 is 0 Å². The summed E-state index contributed by atoms with van der Waals surface area (Å²) in [5.41, 5.74) is 0.582. The first-order chi connectivity index (χ1) is 11.9. The van der Waals surface area contributed by atoms with E-state index in [9.17, 15) is 9.59 Å². The van der Waals surface area contributed by atoms with Gasteiger partial charge in [0.1, 0.15) is 10.7 Å². The minimum Gasteiger partial charge on any atom is -0.458 e. The maximum atomic E-state index is 12.7. The Labute approximate surface area is 154 Å². The fraction of sp³-hybridized carbons (Fsp3) is 0.588. The number of aryl methyl sites for hydroxylation is 1. The van der Waals surface area contributed by atoms with Crippen molar-refractivity contribution in [3.8, 4) is 0 Å². The van der Waals surface area contributed by atoms with Gasteiger partial charge in [-0.2, -0.15) is 4.98 Å². The number of carbonyl (C=O) groups excluding carboxylic acids is 1. The van der Waals surface area contributed by atoms with E-state index in [0.29, 0.717) is 43.1 Å². The molecule has 0 aliphatic carbocycles. The molecule has 136 valence electrons. The average molecular weight is 383 g/mol. The van der Waals surface area contributed by atoms with Crippen molar-refractivity contribution in [3.05, 3.63) is 26.6 Å². The molecule has 0 saturated carbocycles. The van der Waals surface area contributed by atoms with Crippen molar-refractivity contribution < 1.29 is 14.3 Å². The van der Waals surface area contributed by atoms with Crippen molar-refractivity contribution in [1.82, 2.24) is 9.55 Å². The number of ether oxygens (including phenoxy) is 2. The summed E-state index contributed by atoms with van der Waals surface area (Å²) in [6, 6.07) is 0. The first-order valence-electron chi connectivity index (χ1n) is 8.33. The molecule has 0 bridgehead atoms. The van der Waals surface area contributed by atoms with Crippen molar-refractivity contribution in [2.75, 3.05) is 6.61 Å². The zero-order valence-electron chi connectivity index (χ0n) is 14.9. The number of aromatic nitrogens is 2. The van der Waals surface area contributed by atoms with Crippen molar-refractivity contribution in [2.45, 2.75) is 58.6 Å². The third-order valence-corrected chi connectivity index (χ3v) is 6.15. The number of hydrogen-bond donors (Lipinski definition) is 0. The van der Waals surface area contributed by atoms with Gasteiger partial charge in [0.05, 0.1) is 30.0 Å². The Bertz CT molecular complexity index is 870. The van der Waals surface area contributed by atoms with Crippen LogP contribution < -0.4 is 5.56 Å². The van der Waals surface area contributed by atoms with Gasteiger partial charge in [-0.25, -0.2) is 4.79 Å². The summed E-state index contributed by atoms with van der Waals surface area (Å²) in [5.74, 6) is 0.930. The Morgan fingerprint density at radius 3 is 2.88 bits per heavy atom. The lowest BCUT2D eigenvalue weighted by atomic mass is 9.94. The SMILES string of the molecule is CCOC(=O)SCc1nc(=O)c2c3c(sc2n1CC)COC(C)(C)C3. The minimum atomic E-state index is -0.347. The second-order valence-electron chi connectivity index (χ2n) is 6.46. The summed E-state index contributed by atoms with van der Waals surface area (Å²) in [6.45, 7) is 9.41. The maximum Gasteiger partial charge on any atom is 0.367 e. The molecule has 0 amide bonds. The average Bonchev–Trinajstić information content (AvgIpc) is 2.91. The quantitative estimate of drug-likeness (QED) is 0.751. The second-order valence-corrected chi connectivity index (χ2v) is 8.45. The van der Waals surface area contributed by atoms with Crippen molar-refractivity contribution in [3.63, 3.8) is 0 Å². The second kappa shape index (κ2) is 7.09. The molecule has 0 N–H and O–H groups in total. The lowest BCUT2D eigenvalue weighted by molar-refractivity contribution is -0.0379. The highest BCUT2D eigenvalue weighted by Crippen LogP contribution is 2.37. The Kier molecular flexibility index (Phi) is 5.22. The molecule has 0 unspecified atom stereocenters. The number of thioether (sulfide) groups is 1. The lowest BCUT2D eigenvalue weighted by Crippen LogP contribution is -2.31. The highest BCUT2D eigenvalue weighted by molar-refractivity contribution is 8.12. The van der Waals surface area contributed by atoms with Crippen molar-refractivity contribution in [2.24, 2.45) is 0 Å². The summed E-state index contributed by atoms with van der Waals surface area (Å²) >= 11 is 2.63. The molecule has 0 aromatic carbocycles. The molecular formula is C17H22N2O4S2. The predicted octanol–water partition coefficient (Wildman–Crippen LogP) is 3.72. The van der Waals surface area contributed by atoms with E-state index in [-0.39, 0.29) is 16.5 Å². The van der Waals surface area contributed by atoms with Crippen LogP contribution in [0.25, 0.3) is 10.2 Å². The lowest BCUT2D eigenvalue weighted by Gasteiger charge is -2.29. The van der Waals surface area contributed by atoms with E-state index < -0.39 is 0 Å². The van der Waals surface area contributed by atoms with Crippen LogP contribution in [0.5, 0.6) is 0 Å². The summed E-state index contributed by atoms with van der Waals surface area (Å²) in [6.07, 6.45) is 0.708. The zero-order valence-corrected chi connectivity index (χ0v) is 16.5. The van der Waals surface area contributed by atoms with Crippen LogP contribution in [0.2, 0.25) is 0 Å². The van der Waals surface area contributed by atoms with Crippen molar-refractivity contribution in [1.29, 1.82) is 0 Å². The number of fused-ring (bicyclic) bond motifs is 3. The highest BCUT2D eigenvalue weighted by atomic mass is 32.2. The van der Waals surface area contributed by atoms with Crippen LogP contribution in [-0.2, 0) is 34.8 Å². The van der Waals surface area contributed by atoms with E-state index in [1.165, 1.54) is 0 Å². The number of rotatable bonds is 4. The van der Waals surface area contributed by atoms with Gasteiger partial charge in [0, 0.05) is 17.8 Å². The number of thiophene rings is 1. The summed E-state index contributed by atoms with van der Waals surface area (Å²) in [7, 11) is 0. The molecule has 0 atom stereocenters. The molecule has 0 spiro atoms. The zero-order chi connectivity index (χ0) is 18.2. The van der Waals surface area contributed by atoms with Gasteiger partial charge in [0.15, 0.2) is 0 Å². The van der Waals surface area contributed by atoms with Gasteiger partial charge >= 0.3 is 5.30 Å². The van der Waals surface area contributed by atoms with Gasteiger partial charge in [-0.05, 0) is 45.0 Å². The molecule has 1 aliphatic rings. The summed E-state index contributed by atoms with van der Waals surface area (Å²) in [4.78, 5) is 30.6. The van der Waals surface area contributed by atoms with Gasteiger partial charge in [0.25, 0.3) is 5.56 Å². The highest BCUT2D eigenvalue weighted by Gasteiger charge is 2.31. The summed E-state index contributed by atoms with van der Waals surface area (Å²) < 4.78 is 12.8. The molecule has 3 rings (SSSR count). The van der Waals surface area contributed by atoms with E-state index in [1.807, 2.05) is 25.3 Å². The Balaban J connectivity index is 2.05. The first kappa shape index (κ1) is 18.4. The minimum absolute atomic E-state index is 0.214. The van der Waals surface area contributed by atoms with E-state index in [4.69, 9.17) is 9.47 Å². The van der Waals surface area contributed by atoms with Gasteiger partial charge in [-0.3, -0.25) is 4.79 Å². The van der Waals surface area contributed by atoms with Gasteiger partial charge < -0.3 is 14.0 Å². The maximum absolute atomic E-state index is 12.7. The smallest absolute Gasteiger partial charge is 0.367 e. The normalized spacial score (nSPS) is 16.0. The molecular weight excluding hydrogens is 360 g/mol. The van der Waals surface area contributed by atoms with Crippen LogP contribution in [0.3, 0.4) is 0 Å².